The normalized spacial score (nSPS) is 25.1. The average Bonchev–Trinajstić information content (AvgIpc) is 3.21. The molecule has 120 valence electrons. The maximum absolute atomic E-state index is 6.04. The van der Waals surface area contributed by atoms with Crippen molar-refractivity contribution >= 4 is 23.4 Å². The molecule has 0 aliphatic carbocycles. The fourth-order valence-corrected chi connectivity index (χ4v) is 4.14. The van der Waals surface area contributed by atoms with Gasteiger partial charge in [0.05, 0.1) is 0 Å². The number of nitrogens with one attached hydrogen (secondary N) is 1. The van der Waals surface area contributed by atoms with E-state index in [1.807, 2.05) is 0 Å². The lowest BCUT2D eigenvalue weighted by Gasteiger charge is -2.22. The van der Waals surface area contributed by atoms with E-state index in [1.54, 1.807) is 0 Å². The number of nitrogens with zero attached hydrogens (tertiary/aromatic N) is 1. The topological polar surface area (TPSA) is 28.4 Å². The van der Waals surface area contributed by atoms with Gasteiger partial charge in [-0.15, -0.1) is 12.4 Å². The Morgan fingerprint density at radius 2 is 2.14 bits per heavy atom. The smallest absolute Gasteiger partial charge is 0.134 e. The monoisotopic (exact) mass is 320 g/mol. The molecular formula is C18H25ClN2O. The first-order valence-corrected chi connectivity index (χ1v) is 8.22. The molecule has 1 atom stereocenters. The van der Waals surface area contributed by atoms with Crippen molar-refractivity contribution < 1.29 is 4.42 Å². The van der Waals surface area contributed by atoms with Gasteiger partial charge in [-0.1, -0.05) is 25.1 Å². The van der Waals surface area contributed by atoms with Gasteiger partial charge in [0, 0.05) is 37.0 Å². The highest BCUT2D eigenvalue weighted by atomic mass is 35.5. The first kappa shape index (κ1) is 15.9. The molecule has 1 N–H and O–H groups in total. The summed E-state index contributed by atoms with van der Waals surface area (Å²) in [6.07, 6.45) is 3.66. The molecule has 2 aromatic rings. The Balaban J connectivity index is 0.00000144. The molecule has 4 rings (SSSR count). The van der Waals surface area contributed by atoms with Crippen LogP contribution < -0.4 is 5.32 Å². The van der Waals surface area contributed by atoms with Crippen LogP contribution in [-0.2, 0) is 13.0 Å². The Labute approximate surface area is 138 Å². The summed E-state index contributed by atoms with van der Waals surface area (Å²) < 4.78 is 6.04. The highest BCUT2D eigenvalue weighted by molar-refractivity contribution is 5.85. The number of para-hydroxylation sites is 1. The fraction of sp³-hybridized carbons (Fsp3) is 0.556. The van der Waals surface area contributed by atoms with E-state index in [9.17, 15) is 0 Å². The zero-order valence-corrected chi connectivity index (χ0v) is 14.0. The molecule has 0 bridgehead atoms. The van der Waals surface area contributed by atoms with Crippen molar-refractivity contribution in [3.63, 3.8) is 0 Å². The van der Waals surface area contributed by atoms with Gasteiger partial charge in [0.15, 0.2) is 0 Å². The van der Waals surface area contributed by atoms with E-state index >= 15 is 0 Å². The van der Waals surface area contributed by atoms with E-state index in [0.717, 1.165) is 18.5 Å². The van der Waals surface area contributed by atoms with Crippen LogP contribution in [0.25, 0.3) is 11.0 Å². The van der Waals surface area contributed by atoms with Crippen molar-refractivity contribution in [3.05, 3.63) is 35.6 Å². The lowest BCUT2D eigenvalue weighted by molar-refractivity contribution is 0.267. The third kappa shape index (κ3) is 2.66. The van der Waals surface area contributed by atoms with Gasteiger partial charge < -0.3 is 9.73 Å². The maximum Gasteiger partial charge on any atom is 0.134 e. The van der Waals surface area contributed by atoms with Gasteiger partial charge in [-0.3, -0.25) is 4.90 Å². The second kappa shape index (κ2) is 6.23. The van der Waals surface area contributed by atoms with Crippen LogP contribution in [0.5, 0.6) is 0 Å². The number of hydrogen-bond acceptors (Lipinski definition) is 3. The molecule has 1 aromatic heterocycles. The predicted molar refractivity (Wildman–Crippen MR) is 92.7 cm³/mol. The first-order valence-electron chi connectivity index (χ1n) is 8.22. The Hall–Kier alpha value is -1.03. The van der Waals surface area contributed by atoms with E-state index < -0.39 is 0 Å². The quantitative estimate of drug-likeness (QED) is 0.936. The highest BCUT2D eigenvalue weighted by Gasteiger charge is 2.40. The third-order valence-corrected chi connectivity index (χ3v) is 5.33. The molecule has 1 unspecified atom stereocenters. The third-order valence-electron chi connectivity index (χ3n) is 5.33. The van der Waals surface area contributed by atoms with Crippen LogP contribution in [0.3, 0.4) is 0 Å². The molecule has 4 heteroatoms. The summed E-state index contributed by atoms with van der Waals surface area (Å²) >= 11 is 0. The predicted octanol–water partition coefficient (Wildman–Crippen LogP) is 3.60. The van der Waals surface area contributed by atoms with Crippen molar-refractivity contribution in [2.75, 3.05) is 26.2 Å². The van der Waals surface area contributed by atoms with Crippen molar-refractivity contribution in [2.24, 2.45) is 5.41 Å². The molecule has 2 saturated heterocycles. The molecule has 3 heterocycles. The molecule has 2 aliphatic rings. The summed E-state index contributed by atoms with van der Waals surface area (Å²) in [4.78, 5) is 2.63. The van der Waals surface area contributed by atoms with Crippen LogP contribution in [0.15, 0.2) is 28.7 Å². The minimum Gasteiger partial charge on any atom is -0.461 e. The Morgan fingerprint density at radius 3 is 2.91 bits per heavy atom. The minimum absolute atomic E-state index is 0. The van der Waals surface area contributed by atoms with Gasteiger partial charge in [0.1, 0.15) is 11.3 Å². The summed E-state index contributed by atoms with van der Waals surface area (Å²) in [5.74, 6) is 1.17. The Bertz CT molecular complexity index is 646. The maximum atomic E-state index is 6.04. The molecule has 0 amide bonds. The number of aryl methyl sites for hydroxylation is 1. The minimum atomic E-state index is 0. The number of halogens is 1. The summed E-state index contributed by atoms with van der Waals surface area (Å²) in [6, 6.07) is 8.47. The summed E-state index contributed by atoms with van der Waals surface area (Å²) in [5, 5.41) is 4.85. The van der Waals surface area contributed by atoms with E-state index in [-0.39, 0.29) is 12.4 Å². The summed E-state index contributed by atoms with van der Waals surface area (Å²) in [7, 11) is 0. The second-order valence-corrected chi connectivity index (χ2v) is 6.74. The molecule has 22 heavy (non-hydrogen) atoms. The molecule has 1 aromatic carbocycles. The Morgan fingerprint density at radius 1 is 1.27 bits per heavy atom. The van der Waals surface area contributed by atoms with Gasteiger partial charge >= 0.3 is 0 Å². The van der Waals surface area contributed by atoms with Crippen molar-refractivity contribution in [3.8, 4) is 0 Å². The largest absolute Gasteiger partial charge is 0.461 e. The second-order valence-electron chi connectivity index (χ2n) is 6.74. The first-order chi connectivity index (χ1) is 10.3. The van der Waals surface area contributed by atoms with E-state index in [0.29, 0.717) is 5.41 Å². The fourth-order valence-electron chi connectivity index (χ4n) is 4.14. The van der Waals surface area contributed by atoms with Crippen molar-refractivity contribution in [1.82, 2.24) is 10.2 Å². The molecule has 0 saturated carbocycles. The number of likely N-dealkylation sites (tertiary alicyclic amines) is 1. The number of benzene rings is 1. The van der Waals surface area contributed by atoms with Crippen LogP contribution in [0.2, 0.25) is 0 Å². The van der Waals surface area contributed by atoms with E-state index in [2.05, 4.69) is 41.4 Å². The lowest BCUT2D eigenvalue weighted by atomic mass is 9.86. The average molecular weight is 321 g/mol. The van der Waals surface area contributed by atoms with Crippen molar-refractivity contribution in [2.45, 2.75) is 32.7 Å². The zero-order chi connectivity index (χ0) is 14.3. The van der Waals surface area contributed by atoms with Gasteiger partial charge in [-0.2, -0.15) is 0 Å². The van der Waals surface area contributed by atoms with Gasteiger partial charge in [-0.25, -0.2) is 0 Å². The van der Waals surface area contributed by atoms with Crippen LogP contribution in [0.4, 0.5) is 0 Å². The summed E-state index contributed by atoms with van der Waals surface area (Å²) in [5.41, 5.74) is 3.00. The number of hydrogen-bond donors (Lipinski definition) is 1. The Kier molecular flexibility index (Phi) is 4.49. The molecular weight excluding hydrogens is 296 g/mol. The van der Waals surface area contributed by atoms with Crippen LogP contribution >= 0.6 is 12.4 Å². The molecule has 3 nitrogen and oxygen atoms in total. The molecule has 2 fully saturated rings. The molecule has 1 spiro atoms. The lowest BCUT2D eigenvalue weighted by Crippen LogP contribution is -2.29. The van der Waals surface area contributed by atoms with Gasteiger partial charge in [0.25, 0.3) is 0 Å². The SMILES string of the molecule is CCc1oc2ccccc2c1CN1CCC2(CCNC2)C1.Cl. The van der Waals surface area contributed by atoms with Crippen LogP contribution in [-0.4, -0.2) is 31.1 Å². The standard InChI is InChI=1S/C18H24N2O.ClH/c1-2-16-15(14-5-3-4-6-17(14)21-16)11-20-10-8-18(13-20)7-9-19-12-18;/h3-6,19H,2,7-13H2,1H3;1H. The van der Waals surface area contributed by atoms with Crippen LogP contribution in [0.1, 0.15) is 31.1 Å². The highest BCUT2D eigenvalue weighted by Crippen LogP contribution is 2.37. The van der Waals surface area contributed by atoms with Gasteiger partial charge in [-0.05, 0) is 37.4 Å². The van der Waals surface area contributed by atoms with Crippen molar-refractivity contribution in [1.29, 1.82) is 0 Å². The van der Waals surface area contributed by atoms with Gasteiger partial charge in [0.2, 0.25) is 0 Å². The zero-order valence-electron chi connectivity index (χ0n) is 13.2. The number of furan rings is 1. The molecule has 2 aliphatic heterocycles. The van der Waals surface area contributed by atoms with E-state index in [1.165, 1.54) is 55.7 Å². The van der Waals surface area contributed by atoms with E-state index in [4.69, 9.17) is 4.42 Å². The summed E-state index contributed by atoms with van der Waals surface area (Å²) in [6.45, 7) is 8.10. The molecule has 0 radical (unpaired) electrons. The van der Waals surface area contributed by atoms with Crippen LogP contribution in [0, 0.1) is 5.41 Å². The number of rotatable bonds is 3. The number of fused-ring (bicyclic) bond motifs is 1.